The summed E-state index contributed by atoms with van der Waals surface area (Å²) in [5.74, 6) is 0.803. The Balaban J connectivity index is 5.23. The molecule has 0 heterocycles. The molecular formula is C67H130O17P2. The van der Waals surface area contributed by atoms with E-state index in [9.17, 15) is 43.2 Å². The molecule has 0 rings (SSSR count). The first-order valence-corrected chi connectivity index (χ1v) is 37.7. The van der Waals surface area contributed by atoms with E-state index in [1.54, 1.807) is 0 Å². The molecule has 4 unspecified atom stereocenters. The largest absolute Gasteiger partial charge is 0.472 e. The molecule has 86 heavy (non-hydrogen) atoms. The SMILES string of the molecule is CCC(C)CCCCCCCCCCCCC(=O)OC[C@H](COP(=O)(O)OCC(O)COP(=O)(O)OC[C@@H](COC(=O)CCCCCCCCCCC(C)C)OC(=O)CCCCCCCCCCCC(C)C)OC(=O)CCCCCCCCC(C)C. The standard InChI is InChI=1S/C67H130O17P2/c1-9-60(8)46-38-30-21-14-10-11-15-22-31-39-47-64(69)77-54-63(84-67(72)50-42-34-26-25-29-37-45-59(6)7)56-82-86(75,76)80-52-61(68)51-79-85(73,74)81-55-62(53-78-65(70)48-40-32-23-18-17-20-28-36-44-58(4)5)83-66(71)49-41-33-24-16-12-13-19-27-35-43-57(2)3/h57-63,68H,9-56H2,1-8H3,(H,73,74)(H,75,76)/t60?,61?,62-,63-/m1/s1. The number of unbranched alkanes of at least 4 members (excludes halogenated alkanes) is 29. The minimum absolute atomic E-state index is 0.101. The quantitative estimate of drug-likeness (QED) is 0.0222. The number of ether oxygens (including phenoxy) is 4. The van der Waals surface area contributed by atoms with Gasteiger partial charge in [-0.05, 0) is 49.4 Å². The van der Waals surface area contributed by atoms with Crippen molar-refractivity contribution in [2.75, 3.05) is 39.6 Å². The van der Waals surface area contributed by atoms with Crippen molar-refractivity contribution in [2.45, 2.75) is 343 Å². The lowest BCUT2D eigenvalue weighted by Crippen LogP contribution is -2.30. The molecule has 0 bridgehead atoms. The van der Waals surface area contributed by atoms with Gasteiger partial charge in [0.2, 0.25) is 0 Å². The van der Waals surface area contributed by atoms with Crippen molar-refractivity contribution in [1.29, 1.82) is 0 Å². The van der Waals surface area contributed by atoms with Crippen molar-refractivity contribution in [3.63, 3.8) is 0 Å². The van der Waals surface area contributed by atoms with Crippen LogP contribution in [0.4, 0.5) is 0 Å². The van der Waals surface area contributed by atoms with E-state index in [-0.39, 0.29) is 25.7 Å². The highest BCUT2D eigenvalue weighted by molar-refractivity contribution is 7.47. The zero-order valence-electron chi connectivity index (χ0n) is 55.9. The lowest BCUT2D eigenvalue weighted by molar-refractivity contribution is -0.161. The molecule has 19 heteroatoms. The van der Waals surface area contributed by atoms with Crippen molar-refractivity contribution in [3.8, 4) is 0 Å². The van der Waals surface area contributed by atoms with Crippen LogP contribution in [0.25, 0.3) is 0 Å². The van der Waals surface area contributed by atoms with Crippen molar-refractivity contribution in [1.82, 2.24) is 0 Å². The summed E-state index contributed by atoms with van der Waals surface area (Å²) in [6.45, 7) is 14.0. The number of phosphoric ester groups is 2. The van der Waals surface area contributed by atoms with Gasteiger partial charge in [0, 0.05) is 25.7 Å². The first-order valence-electron chi connectivity index (χ1n) is 34.7. The normalized spacial score (nSPS) is 14.7. The van der Waals surface area contributed by atoms with Crippen LogP contribution in [-0.2, 0) is 65.4 Å². The number of carbonyl (C=O) groups excluding carboxylic acids is 4. The maximum absolute atomic E-state index is 13.0. The average Bonchev–Trinajstić information content (AvgIpc) is 3.68. The van der Waals surface area contributed by atoms with Crippen LogP contribution in [0.1, 0.15) is 325 Å². The summed E-state index contributed by atoms with van der Waals surface area (Å²) in [6.07, 6.45) is 37.7. The third kappa shape index (κ3) is 59.7. The van der Waals surface area contributed by atoms with Gasteiger partial charge in [0.25, 0.3) is 0 Å². The van der Waals surface area contributed by atoms with Gasteiger partial charge in [0.15, 0.2) is 12.2 Å². The van der Waals surface area contributed by atoms with Crippen LogP contribution in [0.5, 0.6) is 0 Å². The summed E-state index contributed by atoms with van der Waals surface area (Å²) in [4.78, 5) is 72.3. The molecule has 0 saturated heterocycles. The Bertz CT molecular complexity index is 1720. The highest BCUT2D eigenvalue weighted by Gasteiger charge is 2.30. The first-order chi connectivity index (χ1) is 41.1. The van der Waals surface area contributed by atoms with Gasteiger partial charge in [-0.2, -0.15) is 0 Å². The first kappa shape index (κ1) is 84.1. The van der Waals surface area contributed by atoms with E-state index < -0.39 is 97.5 Å². The second-order valence-electron chi connectivity index (χ2n) is 25.9. The van der Waals surface area contributed by atoms with E-state index in [1.165, 1.54) is 128 Å². The highest BCUT2D eigenvalue weighted by Crippen LogP contribution is 2.45. The third-order valence-electron chi connectivity index (χ3n) is 15.7. The van der Waals surface area contributed by atoms with E-state index in [0.717, 1.165) is 108 Å². The Kier molecular flexibility index (Phi) is 55.7. The number of phosphoric acid groups is 2. The Hall–Kier alpha value is -1.94. The van der Waals surface area contributed by atoms with E-state index >= 15 is 0 Å². The Morgan fingerprint density at radius 1 is 0.326 bits per heavy atom. The molecule has 0 aliphatic heterocycles. The zero-order chi connectivity index (χ0) is 63.9. The Morgan fingerprint density at radius 3 is 0.826 bits per heavy atom. The molecular weight excluding hydrogens is 1140 g/mol. The lowest BCUT2D eigenvalue weighted by atomic mass is 9.99. The second-order valence-corrected chi connectivity index (χ2v) is 28.8. The van der Waals surface area contributed by atoms with E-state index in [2.05, 4.69) is 55.4 Å². The number of esters is 4. The number of hydrogen-bond donors (Lipinski definition) is 3. The molecule has 3 N–H and O–H groups in total. The van der Waals surface area contributed by atoms with Crippen molar-refractivity contribution in [3.05, 3.63) is 0 Å². The zero-order valence-corrected chi connectivity index (χ0v) is 57.7. The van der Waals surface area contributed by atoms with Crippen molar-refractivity contribution < 1.29 is 80.2 Å². The molecule has 510 valence electrons. The minimum atomic E-state index is -4.95. The van der Waals surface area contributed by atoms with Crippen molar-refractivity contribution in [2.24, 2.45) is 23.7 Å². The molecule has 0 aromatic rings. The van der Waals surface area contributed by atoms with Crippen LogP contribution in [0.3, 0.4) is 0 Å². The Labute approximate surface area is 524 Å². The summed E-state index contributed by atoms with van der Waals surface area (Å²) in [5, 5.41) is 10.6. The second kappa shape index (κ2) is 57.0. The smallest absolute Gasteiger partial charge is 0.462 e. The van der Waals surface area contributed by atoms with Gasteiger partial charge in [0.1, 0.15) is 19.3 Å². The van der Waals surface area contributed by atoms with Crippen LogP contribution < -0.4 is 0 Å². The summed E-state index contributed by atoms with van der Waals surface area (Å²) >= 11 is 0. The third-order valence-corrected chi connectivity index (χ3v) is 17.6. The van der Waals surface area contributed by atoms with Gasteiger partial charge in [-0.3, -0.25) is 37.3 Å². The van der Waals surface area contributed by atoms with Gasteiger partial charge in [-0.25, -0.2) is 9.13 Å². The topological polar surface area (TPSA) is 237 Å². The van der Waals surface area contributed by atoms with E-state index in [0.29, 0.717) is 31.6 Å². The number of hydrogen-bond acceptors (Lipinski definition) is 15. The predicted octanol–water partition coefficient (Wildman–Crippen LogP) is 18.5. The molecule has 0 aromatic carbocycles. The van der Waals surface area contributed by atoms with Crippen LogP contribution in [-0.4, -0.2) is 96.7 Å². The average molecular weight is 1270 g/mol. The summed E-state index contributed by atoms with van der Waals surface area (Å²) in [6, 6.07) is 0. The summed E-state index contributed by atoms with van der Waals surface area (Å²) < 4.78 is 68.1. The molecule has 0 aromatic heterocycles. The van der Waals surface area contributed by atoms with Crippen molar-refractivity contribution >= 4 is 39.5 Å². The highest BCUT2D eigenvalue weighted by atomic mass is 31.2. The van der Waals surface area contributed by atoms with Crippen LogP contribution in [0.15, 0.2) is 0 Å². The van der Waals surface area contributed by atoms with Gasteiger partial charge in [-0.1, -0.05) is 274 Å². The number of aliphatic hydroxyl groups excluding tert-OH is 1. The van der Waals surface area contributed by atoms with Gasteiger partial charge in [0.05, 0.1) is 26.4 Å². The van der Waals surface area contributed by atoms with Crippen LogP contribution >= 0.6 is 15.6 Å². The Morgan fingerprint density at radius 2 is 0.558 bits per heavy atom. The molecule has 0 aliphatic rings. The molecule has 0 amide bonds. The van der Waals surface area contributed by atoms with Gasteiger partial charge < -0.3 is 33.8 Å². The fourth-order valence-electron chi connectivity index (χ4n) is 9.93. The molecule has 17 nitrogen and oxygen atoms in total. The molecule has 0 radical (unpaired) electrons. The fraction of sp³-hybridized carbons (Fsp3) is 0.940. The maximum Gasteiger partial charge on any atom is 0.472 e. The molecule has 0 spiro atoms. The molecule has 6 atom stereocenters. The van der Waals surface area contributed by atoms with Crippen LogP contribution in [0.2, 0.25) is 0 Å². The number of rotatable bonds is 64. The van der Waals surface area contributed by atoms with Gasteiger partial charge >= 0.3 is 39.5 Å². The fourth-order valence-corrected chi connectivity index (χ4v) is 11.5. The predicted molar refractivity (Wildman–Crippen MR) is 344 cm³/mol. The molecule has 0 saturated carbocycles. The molecule has 0 fully saturated rings. The lowest BCUT2D eigenvalue weighted by Gasteiger charge is -2.21. The monoisotopic (exact) mass is 1270 g/mol. The van der Waals surface area contributed by atoms with E-state index in [1.807, 2.05) is 0 Å². The summed E-state index contributed by atoms with van der Waals surface area (Å²) in [7, 11) is -9.90. The summed E-state index contributed by atoms with van der Waals surface area (Å²) in [5.41, 5.74) is 0. The van der Waals surface area contributed by atoms with E-state index in [4.69, 9.17) is 37.0 Å². The minimum Gasteiger partial charge on any atom is -0.462 e. The number of aliphatic hydroxyl groups is 1. The van der Waals surface area contributed by atoms with Gasteiger partial charge in [-0.15, -0.1) is 0 Å². The maximum atomic E-state index is 13.0. The number of carbonyl (C=O) groups is 4. The van der Waals surface area contributed by atoms with Crippen LogP contribution in [0, 0.1) is 23.7 Å². The molecule has 0 aliphatic carbocycles.